The predicted octanol–water partition coefficient (Wildman–Crippen LogP) is 3.13. The monoisotopic (exact) mass is 265 g/mol. The van der Waals surface area contributed by atoms with Crippen LogP contribution in [0, 0.1) is 32.1 Å². The third-order valence-corrected chi connectivity index (χ3v) is 3.22. The fraction of sp³-hybridized carbons (Fsp3) is 0.188. The van der Waals surface area contributed by atoms with Gasteiger partial charge in [0.1, 0.15) is 11.9 Å². The smallest absolute Gasteiger partial charge is 0.257 e. The molecule has 100 valence electrons. The molecule has 2 aromatic rings. The zero-order valence-corrected chi connectivity index (χ0v) is 11.7. The van der Waals surface area contributed by atoms with Gasteiger partial charge in [-0.1, -0.05) is 6.07 Å². The zero-order chi connectivity index (χ0) is 14.7. The minimum atomic E-state index is -0.192. The fourth-order valence-corrected chi connectivity index (χ4v) is 1.92. The van der Waals surface area contributed by atoms with E-state index in [0.717, 1.165) is 16.7 Å². The van der Waals surface area contributed by atoms with E-state index in [4.69, 9.17) is 5.26 Å². The Labute approximate surface area is 118 Å². The zero-order valence-electron chi connectivity index (χ0n) is 11.7. The van der Waals surface area contributed by atoms with Crippen molar-refractivity contribution in [2.75, 3.05) is 5.32 Å². The number of anilines is 1. The number of aromatic nitrogens is 1. The van der Waals surface area contributed by atoms with Crippen LogP contribution in [-0.4, -0.2) is 10.9 Å². The lowest BCUT2D eigenvalue weighted by Crippen LogP contribution is -2.14. The first-order valence-electron chi connectivity index (χ1n) is 6.26. The average Bonchev–Trinajstić information content (AvgIpc) is 2.43. The maximum absolute atomic E-state index is 12.2. The number of carbonyl (C=O) groups is 1. The molecule has 4 heteroatoms. The first-order valence-corrected chi connectivity index (χ1v) is 6.26. The van der Waals surface area contributed by atoms with E-state index >= 15 is 0 Å². The largest absolute Gasteiger partial charge is 0.307 e. The van der Waals surface area contributed by atoms with Gasteiger partial charge in [0.25, 0.3) is 5.91 Å². The van der Waals surface area contributed by atoms with Crippen LogP contribution in [-0.2, 0) is 0 Å². The van der Waals surface area contributed by atoms with Crippen molar-refractivity contribution in [2.24, 2.45) is 0 Å². The summed E-state index contributed by atoms with van der Waals surface area (Å²) in [6, 6.07) is 9.10. The second-order valence-corrected chi connectivity index (χ2v) is 4.75. The van der Waals surface area contributed by atoms with Crippen LogP contribution in [0.4, 0.5) is 5.82 Å². The summed E-state index contributed by atoms with van der Waals surface area (Å²) in [4.78, 5) is 16.3. The predicted molar refractivity (Wildman–Crippen MR) is 77.6 cm³/mol. The second-order valence-electron chi connectivity index (χ2n) is 4.75. The molecular weight excluding hydrogens is 250 g/mol. The standard InChI is InChI=1S/C16H15N3O/c1-10-6-12(3)14(7-11(10)2)16(20)19-15-5-4-13(8-17)9-18-15/h4-7,9H,1-3H3,(H,18,19,20). The third-order valence-electron chi connectivity index (χ3n) is 3.22. The number of nitrogens with zero attached hydrogens (tertiary/aromatic N) is 2. The van der Waals surface area contributed by atoms with Crippen molar-refractivity contribution in [1.29, 1.82) is 5.26 Å². The summed E-state index contributed by atoms with van der Waals surface area (Å²) in [5, 5.41) is 11.4. The lowest BCUT2D eigenvalue weighted by molar-refractivity contribution is 0.102. The molecule has 0 atom stereocenters. The van der Waals surface area contributed by atoms with Crippen LogP contribution < -0.4 is 5.32 Å². The van der Waals surface area contributed by atoms with Crippen molar-refractivity contribution in [3.05, 3.63) is 58.3 Å². The first kappa shape index (κ1) is 13.8. The SMILES string of the molecule is Cc1cc(C)c(C(=O)Nc2ccc(C#N)cn2)cc1C. The Kier molecular flexibility index (Phi) is 3.81. The number of nitrogens with one attached hydrogen (secondary N) is 1. The van der Waals surface area contributed by atoms with Crippen molar-refractivity contribution in [1.82, 2.24) is 4.98 Å². The van der Waals surface area contributed by atoms with Crippen molar-refractivity contribution in [3.8, 4) is 6.07 Å². The van der Waals surface area contributed by atoms with Gasteiger partial charge in [0.05, 0.1) is 5.56 Å². The molecule has 0 radical (unpaired) electrons. The third kappa shape index (κ3) is 2.83. The number of pyridine rings is 1. The van der Waals surface area contributed by atoms with Gasteiger partial charge in [-0.25, -0.2) is 4.98 Å². The van der Waals surface area contributed by atoms with Gasteiger partial charge in [-0.05, 0) is 55.7 Å². The Balaban J connectivity index is 2.24. The summed E-state index contributed by atoms with van der Waals surface area (Å²) in [5.41, 5.74) is 4.27. The van der Waals surface area contributed by atoms with Gasteiger partial charge in [-0.15, -0.1) is 0 Å². The average molecular weight is 265 g/mol. The van der Waals surface area contributed by atoms with Gasteiger partial charge in [0.2, 0.25) is 0 Å². The quantitative estimate of drug-likeness (QED) is 0.907. The molecule has 1 amide bonds. The summed E-state index contributed by atoms with van der Waals surface area (Å²) in [6.07, 6.45) is 1.43. The molecule has 4 nitrogen and oxygen atoms in total. The molecule has 0 saturated carbocycles. The maximum atomic E-state index is 12.2. The number of carbonyl (C=O) groups excluding carboxylic acids is 1. The van der Waals surface area contributed by atoms with Crippen molar-refractivity contribution >= 4 is 11.7 Å². The molecule has 2 rings (SSSR count). The van der Waals surface area contributed by atoms with E-state index in [0.29, 0.717) is 16.9 Å². The van der Waals surface area contributed by atoms with Crippen LogP contribution in [0.15, 0.2) is 30.5 Å². The lowest BCUT2D eigenvalue weighted by atomic mass is 10.0. The first-order chi connectivity index (χ1) is 9.51. The number of benzene rings is 1. The molecule has 0 saturated heterocycles. The Morgan fingerprint density at radius 2 is 1.85 bits per heavy atom. The van der Waals surface area contributed by atoms with E-state index in [1.165, 1.54) is 6.20 Å². The molecule has 0 unspecified atom stereocenters. The number of rotatable bonds is 2. The van der Waals surface area contributed by atoms with Crippen LogP contribution >= 0.6 is 0 Å². The van der Waals surface area contributed by atoms with Crippen LogP contribution in [0.1, 0.15) is 32.6 Å². The van der Waals surface area contributed by atoms with Crippen molar-refractivity contribution in [3.63, 3.8) is 0 Å². The molecule has 0 bridgehead atoms. The Bertz CT molecular complexity index is 697. The van der Waals surface area contributed by atoms with Crippen LogP contribution in [0.25, 0.3) is 0 Å². The van der Waals surface area contributed by atoms with E-state index in [1.807, 2.05) is 39.0 Å². The molecule has 0 fully saturated rings. The Morgan fingerprint density at radius 3 is 2.45 bits per heavy atom. The molecular formula is C16H15N3O. The molecule has 1 aromatic heterocycles. The minimum Gasteiger partial charge on any atom is -0.307 e. The van der Waals surface area contributed by atoms with Gasteiger partial charge >= 0.3 is 0 Å². The van der Waals surface area contributed by atoms with Crippen molar-refractivity contribution < 1.29 is 4.79 Å². The van der Waals surface area contributed by atoms with Crippen molar-refractivity contribution in [2.45, 2.75) is 20.8 Å². The highest BCUT2D eigenvalue weighted by atomic mass is 16.1. The summed E-state index contributed by atoms with van der Waals surface area (Å²) in [7, 11) is 0. The molecule has 0 aliphatic heterocycles. The molecule has 0 spiro atoms. The van der Waals surface area contributed by atoms with E-state index < -0.39 is 0 Å². The number of hydrogen-bond donors (Lipinski definition) is 1. The maximum Gasteiger partial charge on any atom is 0.257 e. The summed E-state index contributed by atoms with van der Waals surface area (Å²) in [5.74, 6) is 0.245. The van der Waals surface area contributed by atoms with E-state index in [-0.39, 0.29) is 5.91 Å². The summed E-state index contributed by atoms with van der Waals surface area (Å²) >= 11 is 0. The minimum absolute atomic E-state index is 0.192. The van der Waals surface area contributed by atoms with E-state index in [2.05, 4.69) is 10.3 Å². The van der Waals surface area contributed by atoms with E-state index in [9.17, 15) is 4.79 Å². The number of hydrogen-bond acceptors (Lipinski definition) is 3. The van der Waals surface area contributed by atoms with Crippen LogP contribution in [0.5, 0.6) is 0 Å². The lowest BCUT2D eigenvalue weighted by Gasteiger charge is -2.10. The molecule has 1 N–H and O–H groups in total. The Hall–Kier alpha value is -2.67. The topological polar surface area (TPSA) is 65.8 Å². The molecule has 0 aliphatic carbocycles. The van der Waals surface area contributed by atoms with Crippen LogP contribution in [0.2, 0.25) is 0 Å². The van der Waals surface area contributed by atoms with Gasteiger partial charge in [-0.2, -0.15) is 5.26 Å². The highest BCUT2D eigenvalue weighted by Gasteiger charge is 2.11. The highest BCUT2D eigenvalue weighted by molar-refractivity contribution is 6.05. The van der Waals surface area contributed by atoms with Gasteiger partial charge in [0.15, 0.2) is 0 Å². The normalized spacial score (nSPS) is 9.90. The molecule has 1 aromatic carbocycles. The summed E-state index contributed by atoms with van der Waals surface area (Å²) < 4.78 is 0. The van der Waals surface area contributed by atoms with Gasteiger partial charge < -0.3 is 5.32 Å². The van der Waals surface area contributed by atoms with E-state index in [1.54, 1.807) is 12.1 Å². The fourth-order valence-electron chi connectivity index (χ4n) is 1.92. The second kappa shape index (κ2) is 5.54. The molecule has 1 heterocycles. The summed E-state index contributed by atoms with van der Waals surface area (Å²) in [6.45, 7) is 5.91. The van der Waals surface area contributed by atoms with Gasteiger partial charge in [0, 0.05) is 11.8 Å². The van der Waals surface area contributed by atoms with Crippen LogP contribution in [0.3, 0.4) is 0 Å². The number of aryl methyl sites for hydroxylation is 3. The number of nitriles is 1. The molecule has 0 aliphatic rings. The van der Waals surface area contributed by atoms with Gasteiger partial charge in [-0.3, -0.25) is 4.79 Å². The molecule has 20 heavy (non-hydrogen) atoms. The highest BCUT2D eigenvalue weighted by Crippen LogP contribution is 2.16. The number of amides is 1. The Morgan fingerprint density at radius 1 is 1.15 bits per heavy atom.